The normalized spacial score (nSPS) is 18.2. The van der Waals surface area contributed by atoms with Crippen LogP contribution in [-0.4, -0.2) is 89.6 Å². The van der Waals surface area contributed by atoms with Crippen LogP contribution in [0.15, 0.2) is 17.1 Å². The molecule has 0 radical (unpaired) electrons. The number of amides is 2. The summed E-state index contributed by atoms with van der Waals surface area (Å²) in [5.74, 6) is -2.94. The van der Waals surface area contributed by atoms with Crippen molar-refractivity contribution in [1.29, 1.82) is 0 Å². The van der Waals surface area contributed by atoms with Gasteiger partial charge in [0.1, 0.15) is 11.3 Å². The number of rotatable bonds is 8. The second-order valence-corrected chi connectivity index (χ2v) is 9.14. The molecule has 2 unspecified atom stereocenters. The highest BCUT2D eigenvalue weighted by Gasteiger charge is 2.34. The summed E-state index contributed by atoms with van der Waals surface area (Å²) in [6.07, 6.45) is 0.421. The molecule has 4 rings (SSSR count). The first-order valence-electron chi connectivity index (χ1n) is 11.9. The van der Waals surface area contributed by atoms with Crippen molar-refractivity contribution >= 4 is 40.8 Å². The van der Waals surface area contributed by atoms with E-state index in [-0.39, 0.29) is 48.8 Å². The average molecular weight is 534 g/mol. The number of nitrogens with one attached hydrogen (secondary N) is 1. The molecule has 204 valence electrons. The third-order valence-electron chi connectivity index (χ3n) is 6.52. The van der Waals surface area contributed by atoms with E-state index < -0.39 is 53.7 Å². The topological polar surface area (TPSA) is 168 Å². The Bertz CT molecular complexity index is 1360. The maximum atomic E-state index is 15.5. The summed E-state index contributed by atoms with van der Waals surface area (Å²) in [5, 5.41) is 20.4. The molecule has 2 fully saturated rings. The van der Waals surface area contributed by atoms with Crippen LogP contribution in [0.3, 0.4) is 0 Å². The second kappa shape index (κ2) is 10.7. The zero-order chi connectivity index (χ0) is 27.7. The number of aldehydes is 1. The number of aromatic carboxylic acids is 1. The predicted molar refractivity (Wildman–Crippen MR) is 130 cm³/mol. The molecule has 1 aliphatic heterocycles. The highest BCUT2D eigenvalue weighted by molar-refractivity contribution is 5.97. The van der Waals surface area contributed by atoms with E-state index in [1.165, 1.54) is 18.2 Å². The number of halogens is 1. The number of carbonyl (C=O) groups excluding carboxylic acids is 3. The molecule has 2 atom stereocenters. The van der Waals surface area contributed by atoms with E-state index in [2.05, 4.69) is 0 Å². The largest absolute Gasteiger partial charge is 0.492 e. The van der Waals surface area contributed by atoms with Crippen LogP contribution in [0.4, 0.5) is 14.9 Å². The van der Waals surface area contributed by atoms with Crippen molar-refractivity contribution in [2.45, 2.75) is 38.1 Å². The van der Waals surface area contributed by atoms with E-state index in [9.17, 15) is 29.1 Å². The van der Waals surface area contributed by atoms with E-state index >= 15 is 4.39 Å². The average Bonchev–Trinajstić information content (AvgIpc) is 3.72. The van der Waals surface area contributed by atoms with Crippen LogP contribution < -0.4 is 20.4 Å². The Kier molecular flexibility index (Phi) is 7.53. The van der Waals surface area contributed by atoms with Gasteiger partial charge in [0.2, 0.25) is 5.43 Å². The van der Waals surface area contributed by atoms with Gasteiger partial charge in [0.05, 0.1) is 18.0 Å². The molecule has 2 aromatic rings. The van der Waals surface area contributed by atoms with Gasteiger partial charge in [-0.2, -0.15) is 0 Å². The van der Waals surface area contributed by atoms with Crippen LogP contribution in [0.5, 0.6) is 5.75 Å². The number of pyridine rings is 1. The minimum atomic E-state index is -1.71. The summed E-state index contributed by atoms with van der Waals surface area (Å²) >= 11 is 0. The molecule has 1 aromatic heterocycles. The highest BCUT2D eigenvalue weighted by Crippen LogP contribution is 2.44. The molecular formula is C24H27FN4O9. The summed E-state index contributed by atoms with van der Waals surface area (Å²) in [4.78, 5) is 62.1. The number of carboxylic acids is 1. The number of hydrogen-bond donors (Lipinski definition) is 3. The zero-order valence-corrected chi connectivity index (χ0v) is 20.7. The molecule has 1 aliphatic carbocycles. The number of carbonyl (C=O) groups is 4. The number of piperazine rings is 1. The van der Waals surface area contributed by atoms with Gasteiger partial charge < -0.3 is 39.4 Å². The number of fused-ring (bicyclic) bond motifs is 1. The number of methoxy groups -OCH3 is 1. The van der Waals surface area contributed by atoms with Gasteiger partial charge in [-0.1, -0.05) is 0 Å². The van der Waals surface area contributed by atoms with Crippen molar-refractivity contribution in [3.8, 4) is 5.75 Å². The Labute approximate surface area is 215 Å². The van der Waals surface area contributed by atoms with Crippen LogP contribution in [-0.2, 0) is 14.3 Å². The van der Waals surface area contributed by atoms with E-state index in [4.69, 9.17) is 14.6 Å². The molecule has 14 heteroatoms. The molecule has 2 aliphatic rings. The maximum absolute atomic E-state index is 15.5. The standard InChI is InChI=1S/C24H27FN4O9/c1-12-8-27(5-6-28(12)24(36)38-11-18(32)26-17(31)10-30)20-16(25)7-14-19(22(20)37-2)29(13-3-4-13)9-15(21(14)33)23(34)35/h7,9-10,12-13,17,31H,3-6,8,11H2,1-2H3,(H,26,32)(H,34,35). The summed E-state index contributed by atoms with van der Waals surface area (Å²) in [5.41, 5.74) is -0.870. The molecule has 38 heavy (non-hydrogen) atoms. The number of ether oxygens (including phenoxy) is 2. The summed E-state index contributed by atoms with van der Waals surface area (Å²) < 4.78 is 27.7. The number of nitrogens with zero attached hydrogens (tertiary/aromatic N) is 3. The zero-order valence-electron chi connectivity index (χ0n) is 20.7. The van der Waals surface area contributed by atoms with Crippen LogP contribution in [0.2, 0.25) is 0 Å². The number of aliphatic hydroxyl groups excluding tert-OH is 1. The lowest BCUT2D eigenvalue weighted by molar-refractivity contribution is -0.131. The lowest BCUT2D eigenvalue weighted by Gasteiger charge is -2.40. The number of hydrogen-bond acceptors (Lipinski definition) is 9. The minimum absolute atomic E-state index is 0.0428. The number of aromatic nitrogens is 1. The number of carboxylic acid groups (broad SMARTS) is 1. The van der Waals surface area contributed by atoms with Gasteiger partial charge >= 0.3 is 12.1 Å². The fourth-order valence-electron chi connectivity index (χ4n) is 4.61. The van der Waals surface area contributed by atoms with Gasteiger partial charge in [-0.3, -0.25) is 14.4 Å². The molecule has 3 N–H and O–H groups in total. The molecule has 1 aromatic carbocycles. The van der Waals surface area contributed by atoms with Crippen LogP contribution >= 0.6 is 0 Å². The monoisotopic (exact) mass is 534 g/mol. The minimum Gasteiger partial charge on any atom is -0.492 e. The Morgan fingerprint density at radius 2 is 2.00 bits per heavy atom. The quantitative estimate of drug-likeness (QED) is 0.320. The number of anilines is 1. The fraction of sp³-hybridized carbons (Fsp3) is 0.458. The number of aliphatic hydroxyl groups is 1. The first-order chi connectivity index (χ1) is 18.1. The molecule has 2 amide bonds. The third kappa shape index (κ3) is 5.11. The summed E-state index contributed by atoms with van der Waals surface area (Å²) in [7, 11) is 1.34. The Balaban J connectivity index is 1.60. The Morgan fingerprint density at radius 1 is 1.29 bits per heavy atom. The van der Waals surface area contributed by atoms with Crippen LogP contribution in [0.25, 0.3) is 10.9 Å². The van der Waals surface area contributed by atoms with Crippen molar-refractivity contribution in [1.82, 2.24) is 14.8 Å². The molecule has 1 saturated carbocycles. The Hall–Kier alpha value is -4.20. The van der Waals surface area contributed by atoms with Crippen molar-refractivity contribution in [2.75, 3.05) is 38.3 Å². The molecule has 0 spiro atoms. The van der Waals surface area contributed by atoms with Crippen molar-refractivity contribution in [3.05, 3.63) is 33.9 Å². The van der Waals surface area contributed by atoms with E-state index in [1.807, 2.05) is 5.32 Å². The lowest BCUT2D eigenvalue weighted by atomic mass is 10.1. The van der Waals surface area contributed by atoms with Gasteiger partial charge in [0.15, 0.2) is 30.7 Å². The molecule has 13 nitrogen and oxygen atoms in total. The number of benzene rings is 1. The molecular weight excluding hydrogens is 507 g/mol. The van der Waals surface area contributed by atoms with Gasteiger partial charge in [0.25, 0.3) is 5.91 Å². The van der Waals surface area contributed by atoms with Gasteiger partial charge in [0, 0.05) is 37.9 Å². The van der Waals surface area contributed by atoms with Crippen molar-refractivity contribution in [3.63, 3.8) is 0 Å². The first-order valence-corrected chi connectivity index (χ1v) is 11.9. The second-order valence-electron chi connectivity index (χ2n) is 9.14. The highest BCUT2D eigenvalue weighted by atomic mass is 19.1. The van der Waals surface area contributed by atoms with Gasteiger partial charge in [-0.25, -0.2) is 14.0 Å². The van der Waals surface area contributed by atoms with Crippen LogP contribution in [0.1, 0.15) is 36.2 Å². The first kappa shape index (κ1) is 26.9. The van der Waals surface area contributed by atoms with E-state index in [0.29, 0.717) is 5.52 Å². The molecule has 1 saturated heterocycles. The smallest absolute Gasteiger partial charge is 0.410 e. The van der Waals surface area contributed by atoms with Crippen molar-refractivity contribution in [2.24, 2.45) is 0 Å². The third-order valence-corrected chi connectivity index (χ3v) is 6.52. The fourth-order valence-corrected chi connectivity index (χ4v) is 4.61. The lowest BCUT2D eigenvalue weighted by Crippen LogP contribution is -2.54. The van der Waals surface area contributed by atoms with Gasteiger partial charge in [-0.15, -0.1) is 0 Å². The maximum Gasteiger partial charge on any atom is 0.410 e. The van der Waals surface area contributed by atoms with Crippen molar-refractivity contribution < 1.29 is 43.3 Å². The predicted octanol–water partition coefficient (Wildman–Crippen LogP) is 0.463. The Morgan fingerprint density at radius 3 is 2.58 bits per heavy atom. The van der Waals surface area contributed by atoms with Gasteiger partial charge in [-0.05, 0) is 25.8 Å². The molecule has 0 bridgehead atoms. The summed E-state index contributed by atoms with van der Waals surface area (Å²) in [6.45, 7) is 1.42. The SMILES string of the molecule is COc1c(N2CCN(C(=O)OCC(=O)NC(O)C=O)C(C)C2)c(F)cc2c(=O)c(C(=O)O)cn(C3CC3)c12. The molecule has 2 heterocycles. The van der Waals surface area contributed by atoms with E-state index in [0.717, 1.165) is 18.9 Å². The van der Waals surface area contributed by atoms with Crippen LogP contribution in [0, 0.1) is 5.82 Å². The van der Waals surface area contributed by atoms with E-state index in [1.54, 1.807) is 16.4 Å². The summed E-state index contributed by atoms with van der Waals surface area (Å²) in [6, 6.07) is 0.497.